The Bertz CT molecular complexity index is 744. The molecule has 2 heteroatoms. The summed E-state index contributed by atoms with van der Waals surface area (Å²) < 4.78 is 0. The Kier molecular flexibility index (Phi) is 2.16. The van der Waals surface area contributed by atoms with Crippen LogP contribution >= 0.6 is 11.8 Å². The molecule has 0 spiro atoms. The van der Waals surface area contributed by atoms with Gasteiger partial charge in [-0.2, -0.15) is 0 Å². The topological polar surface area (TPSA) is 26.0 Å². The van der Waals surface area contributed by atoms with Crippen LogP contribution in [0, 0.1) is 0 Å². The van der Waals surface area contributed by atoms with Crippen molar-refractivity contribution in [2.24, 2.45) is 0 Å². The number of rotatable bonds is 0. The van der Waals surface area contributed by atoms with Crippen molar-refractivity contribution < 1.29 is 0 Å². The van der Waals surface area contributed by atoms with Crippen molar-refractivity contribution in [3.8, 4) is 0 Å². The average molecular weight is 265 g/mol. The zero-order valence-corrected chi connectivity index (χ0v) is 11.6. The first-order valence-electron chi connectivity index (χ1n) is 6.54. The van der Waals surface area contributed by atoms with E-state index in [0.717, 1.165) is 5.69 Å². The van der Waals surface area contributed by atoms with Crippen LogP contribution in [0.15, 0.2) is 59.5 Å². The highest BCUT2D eigenvalue weighted by Gasteiger charge is 2.43. The Hall–Kier alpha value is -1.67. The first-order chi connectivity index (χ1) is 9.20. The summed E-state index contributed by atoms with van der Waals surface area (Å²) in [7, 11) is 0. The van der Waals surface area contributed by atoms with E-state index in [-0.39, 0.29) is 5.41 Å². The molecule has 2 atom stereocenters. The van der Waals surface area contributed by atoms with Crippen molar-refractivity contribution in [1.29, 1.82) is 0 Å². The smallest absolute Gasteiger partial charge is 0.0407 e. The van der Waals surface area contributed by atoms with E-state index in [0.29, 0.717) is 5.25 Å². The second-order valence-electron chi connectivity index (χ2n) is 5.45. The number of anilines is 1. The maximum Gasteiger partial charge on any atom is 0.0407 e. The Labute approximate surface area is 117 Å². The maximum atomic E-state index is 6.21. The number of hydrogen-bond acceptors (Lipinski definition) is 2. The van der Waals surface area contributed by atoms with Crippen LogP contribution in [0.1, 0.15) is 12.5 Å². The molecule has 1 aliphatic carbocycles. The molecular weight excluding hydrogens is 250 g/mol. The molecule has 1 nitrogen and oxygen atoms in total. The summed E-state index contributed by atoms with van der Waals surface area (Å²) in [5.41, 5.74) is 8.62. The normalized spacial score (nSPS) is 27.5. The van der Waals surface area contributed by atoms with Gasteiger partial charge in [-0.3, -0.25) is 0 Å². The molecule has 2 unspecified atom stereocenters. The molecule has 0 saturated heterocycles. The fourth-order valence-corrected chi connectivity index (χ4v) is 4.79. The van der Waals surface area contributed by atoms with Crippen LogP contribution in [0.25, 0.3) is 10.8 Å². The largest absolute Gasteiger partial charge is 0.398 e. The summed E-state index contributed by atoms with van der Waals surface area (Å²) in [5.74, 6) is 0. The zero-order chi connectivity index (χ0) is 13.0. The van der Waals surface area contributed by atoms with Crippen molar-refractivity contribution in [1.82, 2.24) is 0 Å². The Morgan fingerprint density at radius 2 is 1.95 bits per heavy atom. The molecular formula is C17H15NS. The quantitative estimate of drug-likeness (QED) is 0.719. The van der Waals surface area contributed by atoms with E-state index in [1.54, 1.807) is 0 Å². The van der Waals surface area contributed by atoms with E-state index in [1.807, 2.05) is 11.8 Å². The van der Waals surface area contributed by atoms with Gasteiger partial charge in [-0.1, -0.05) is 55.5 Å². The van der Waals surface area contributed by atoms with Gasteiger partial charge in [0.1, 0.15) is 0 Å². The van der Waals surface area contributed by atoms with Gasteiger partial charge in [-0.05, 0) is 17.0 Å². The van der Waals surface area contributed by atoms with E-state index in [4.69, 9.17) is 5.73 Å². The molecule has 0 aromatic heterocycles. The Morgan fingerprint density at radius 3 is 2.79 bits per heavy atom. The lowest BCUT2D eigenvalue weighted by molar-refractivity contribution is 0.626. The summed E-state index contributed by atoms with van der Waals surface area (Å²) >= 11 is 1.93. The number of hydrogen-bond donors (Lipinski definition) is 1. The number of thioether (sulfide) groups is 1. The molecule has 0 amide bonds. The van der Waals surface area contributed by atoms with Crippen molar-refractivity contribution in [3.63, 3.8) is 0 Å². The molecule has 2 aromatic rings. The molecule has 94 valence electrons. The first kappa shape index (κ1) is 11.2. The zero-order valence-electron chi connectivity index (χ0n) is 10.8. The fourth-order valence-electron chi connectivity index (χ4n) is 3.26. The van der Waals surface area contributed by atoms with Gasteiger partial charge in [0.15, 0.2) is 0 Å². The summed E-state index contributed by atoms with van der Waals surface area (Å²) in [6, 6.07) is 10.6. The number of benzene rings is 2. The molecule has 2 aliphatic rings. The lowest BCUT2D eigenvalue weighted by Crippen LogP contribution is -2.28. The molecule has 2 N–H and O–H groups in total. The highest BCUT2D eigenvalue weighted by Crippen LogP contribution is 2.55. The SMILES string of the molecule is CC12C=CC=CC1Sc1cc(N)c3ccccc3c12. The predicted octanol–water partition coefficient (Wildman–Crippen LogP) is 4.28. The van der Waals surface area contributed by atoms with Crippen molar-refractivity contribution in [3.05, 3.63) is 60.2 Å². The number of fused-ring (bicyclic) bond motifs is 5. The van der Waals surface area contributed by atoms with Crippen LogP contribution in [0.4, 0.5) is 5.69 Å². The summed E-state index contributed by atoms with van der Waals surface area (Å²) in [4.78, 5) is 1.33. The number of nitrogen functional groups attached to an aromatic ring is 1. The van der Waals surface area contributed by atoms with Crippen molar-refractivity contribution >= 4 is 28.2 Å². The number of allylic oxidation sites excluding steroid dienone is 3. The standard InChI is InChI=1S/C17H15NS/c1-17-9-5-4-8-15(17)19-14-10-13(18)11-6-2-3-7-12(11)16(14)17/h2-10,15H,18H2,1H3. The van der Waals surface area contributed by atoms with Crippen LogP contribution in [-0.2, 0) is 5.41 Å². The van der Waals surface area contributed by atoms with Crippen LogP contribution in [0.2, 0.25) is 0 Å². The molecule has 1 heterocycles. The third-order valence-electron chi connectivity index (χ3n) is 4.26. The van der Waals surface area contributed by atoms with E-state index >= 15 is 0 Å². The van der Waals surface area contributed by atoms with Gasteiger partial charge in [0.2, 0.25) is 0 Å². The van der Waals surface area contributed by atoms with Gasteiger partial charge in [0.05, 0.1) is 0 Å². The van der Waals surface area contributed by atoms with Gasteiger partial charge in [-0.25, -0.2) is 0 Å². The minimum atomic E-state index is 0.0854. The Morgan fingerprint density at radius 1 is 1.16 bits per heavy atom. The third kappa shape index (κ3) is 1.38. The van der Waals surface area contributed by atoms with Gasteiger partial charge in [-0.15, -0.1) is 11.8 Å². The molecule has 4 rings (SSSR count). The molecule has 0 radical (unpaired) electrons. The van der Waals surface area contributed by atoms with Gasteiger partial charge < -0.3 is 5.73 Å². The average Bonchev–Trinajstić information content (AvgIpc) is 2.71. The highest BCUT2D eigenvalue weighted by atomic mass is 32.2. The summed E-state index contributed by atoms with van der Waals surface area (Å²) in [5, 5.41) is 2.96. The second-order valence-corrected chi connectivity index (χ2v) is 6.63. The minimum Gasteiger partial charge on any atom is -0.398 e. The van der Waals surface area contributed by atoms with Crippen molar-refractivity contribution in [2.75, 3.05) is 5.73 Å². The van der Waals surface area contributed by atoms with Crippen LogP contribution in [0.3, 0.4) is 0 Å². The monoisotopic (exact) mass is 265 g/mol. The number of nitrogens with two attached hydrogens (primary N) is 1. The predicted molar refractivity (Wildman–Crippen MR) is 83.6 cm³/mol. The fraction of sp³-hybridized carbons (Fsp3) is 0.176. The molecule has 0 bridgehead atoms. The summed E-state index contributed by atoms with van der Waals surface area (Å²) in [6.45, 7) is 2.33. The first-order valence-corrected chi connectivity index (χ1v) is 7.42. The third-order valence-corrected chi connectivity index (χ3v) is 5.74. The molecule has 2 aromatic carbocycles. The van der Waals surface area contributed by atoms with E-state index in [1.165, 1.54) is 21.2 Å². The molecule has 19 heavy (non-hydrogen) atoms. The van der Waals surface area contributed by atoms with E-state index < -0.39 is 0 Å². The van der Waals surface area contributed by atoms with Crippen molar-refractivity contribution in [2.45, 2.75) is 22.5 Å². The second kappa shape index (κ2) is 3.67. The maximum absolute atomic E-state index is 6.21. The molecule has 0 saturated carbocycles. The molecule has 1 aliphatic heterocycles. The highest BCUT2D eigenvalue weighted by molar-refractivity contribution is 8.00. The lowest BCUT2D eigenvalue weighted by atomic mass is 9.75. The van der Waals surface area contributed by atoms with Gasteiger partial charge in [0.25, 0.3) is 0 Å². The lowest BCUT2D eigenvalue weighted by Gasteiger charge is -2.29. The van der Waals surface area contributed by atoms with E-state index in [2.05, 4.69) is 61.6 Å². The summed E-state index contributed by atoms with van der Waals surface area (Å²) in [6.07, 6.45) is 8.95. The van der Waals surface area contributed by atoms with Crippen LogP contribution in [-0.4, -0.2) is 5.25 Å². The Balaban J connectivity index is 2.12. The van der Waals surface area contributed by atoms with E-state index in [9.17, 15) is 0 Å². The molecule has 0 fully saturated rings. The van der Waals surface area contributed by atoms with Crippen LogP contribution in [0.5, 0.6) is 0 Å². The van der Waals surface area contributed by atoms with Gasteiger partial charge in [0, 0.05) is 26.6 Å². The van der Waals surface area contributed by atoms with Crippen LogP contribution < -0.4 is 5.73 Å². The minimum absolute atomic E-state index is 0.0854. The van der Waals surface area contributed by atoms with Gasteiger partial charge >= 0.3 is 0 Å².